The molecule has 0 spiro atoms. The molecule has 0 radical (unpaired) electrons. The topological polar surface area (TPSA) is 63.6 Å². The second-order valence-electron chi connectivity index (χ2n) is 3.57. The molecule has 86 valence electrons. The Morgan fingerprint density at radius 3 is 2.59 bits per heavy atom. The van der Waals surface area contributed by atoms with Gasteiger partial charge in [0.25, 0.3) is 0 Å². The molecule has 1 N–H and O–H groups in total. The second kappa shape index (κ2) is 4.65. The number of ether oxygens (including phenoxy) is 1. The number of aldehydes is 1. The molecule has 0 aliphatic rings. The molecule has 0 aromatic heterocycles. The average Bonchev–Trinajstić information content (AvgIpc) is 2.35. The summed E-state index contributed by atoms with van der Waals surface area (Å²) in [7, 11) is 0. The van der Waals surface area contributed by atoms with Gasteiger partial charge in [-0.05, 0) is 29.0 Å². The summed E-state index contributed by atoms with van der Waals surface area (Å²) in [5.74, 6) is -0.514. The normalized spacial score (nSPS) is 10.1. The van der Waals surface area contributed by atoms with Gasteiger partial charge >= 0.3 is 5.97 Å². The first-order valence-electron chi connectivity index (χ1n) is 5.02. The van der Waals surface area contributed by atoms with E-state index in [0.29, 0.717) is 11.3 Å². The molecular formula is C13H10O4. The number of carboxylic acids is 1. The summed E-state index contributed by atoms with van der Waals surface area (Å²) in [6, 6.07) is 10.5. The highest BCUT2D eigenvalue weighted by Gasteiger charge is 2.01. The Morgan fingerprint density at radius 1 is 1.18 bits per heavy atom. The molecule has 0 unspecified atom stereocenters. The maximum Gasteiger partial charge on any atom is 0.341 e. The third-order valence-corrected chi connectivity index (χ3v) is 2.33. The van der Waals surface area contributed by atoms with Gasteiger partial charge in [-0.1, -0.05) is 18.2 Å². The van der Waals surface area contributed by atoms with E-state index in [1.54, 1.807) is 36.4 Å². The van der Waals surface area contributed by atoms with E-state index in [1.165, 1.54) is 0 Å². The van der Waals surface area contributed by atoms with Crippen LogP contribution < -0.4 is 4.74 Å². The molecule has 0 atom stereocenters. The summed E-state index contributed by atoms with van der Waals surface area (Å²) in [5.41, 5.74) is 0.608. The van der Waals surface area contributed by atoms with Crippen molar-refractivity contribution in [2.24, 2.45) is 0 Å². The minimum Gasteiger partial charge on any atom is -0.482 e. The molecule has 2 aromatic rings. The number of carbonyl (C=O) groups is 2. The van der Waals surface area contributed by atoms with Crippen molar-refractivity contribution in [2.75, 3.05) is 6.61 Å². The van der Waals surface area contributed by atoms with Crippen molar-refractivity contribution in [3.8, 4) is 5.75 Å². The van der Waals surface area contributed by atoms with Crippen LogP contribution in [0.1, 0.15) is 10.4 Å². The van der Waals surface area contributed by atoms with Crippen LogP contribution in [-0.2, 0) is 4.79 Å². The Labute approximate surface area is 97.4 Å². The van der Waals surface area contributed by atoms with Gasteiger partial charge in [-0.15, -0.1) is 0 Å². The third kappa shape index (κ3) is 2.60. The Morgan fingerprint density at radius 2 is 1.88 bits per heavy atom. The van der Waals surface area contributed by atoms with Crippen LogP contribution in [0.4, 0.5) is 0 Å². The summed E-state index contributed by atoms with van der Waals surface area (Å²) in [4.78, 5) is 21.0. The predicted molar refractivity (Wildman–Crippen MR) is 62.5 cm³/mol. The number of hydrogen-bond donors (Lipinski definition) is 1. The molecule has 0 amide bonds. The minimum absolute atomic E-state index is 0.363. The number of fused-ring (bicyclic) bond motifs is 1. The van der Waals surface area contributed by atoms with E-state index in [0.717, 1.165) is 17.1 Å². The van der Waals surface area contributed by atoms with Crippen molar-refractivity contribution in [1.29, 1.82) is 0 Å². The molecule has 4 heteroatoms. The van der Waals surface area contributed by atoms with Gasteiger partial charge in [0.15, 0.2) is 6.61 Å². The standard InChI is InChI=1S/C13H10O4/c14-7-9-1-2-11-6-12(17-8-13(15)16)4-3-10(11)5-9/h1-7H,8H2,(H,15,16). The van der Waals surface area contributed by atoms with Crippen LogP contribution in [0.5, 0.6) is 5.75 Å². The number of carbonyl (C=O) groups excluding carboxylic acids is 1. The number of aliphatic carboxylic acids is 1. The Hall–Kier alpha value is -2.36. The first-order chi connectivity index (χ1) is 8.19. The van der Waals surface area contributed by atoms with Gasteiger partial charge in [-0.3, -0.25) is 4.79 Å². The van der Waals surface area contributed by atoms with Gasteiger partial charge in [0.2, 0.25) is 0 Å². The van der Waals surface area contributed by atoms with Gasteiger partial charge in [-0.2, -0.15) is 0 Å². The lowest BCUT2D eigenvalue weighted by molar-refractivity contribution is -0.139. The molecule has 0 aliphatic carbocycles. The fourth-order valence-corrected chi connectivity index (χ4v) is 1.55. The first-order valence-corrected chi connectivity index (χ1v) is 5.02. The molecule has 0 heterocycles. The number of benzene rings is 2. The van der Waals surface area contributed by atoms with Crippen molar-refractivity contribution in [3.05, 3.63) is 42.0 Å². The second-order valence-corrected chi connectivity index (χ2v) is 3.57. The monoisotopic (exact) mass is 230 g/mol. The van der Waals surface area contributed by atoms with Gasteiger partial charge in [0, 0.05) is 5.56 Å². The lowest BCUT2D eigenvalue weighted by Crippen LogP contribution is -2.09. The van der Waals surface area contributed by atoms with Crippen molar-refractivity contribution >= 4 is 23.0 Å². The van der Waals surface area contributed by atoms with Gasteiger partial charge in [0.1, 0.15) is 12.0 Å². The Balaban J connectivity index is 2.31. The molecule has 4 nitrogen and oxygen atoms in total. The molecule has 0 bridgehead atoms. The lowest BCUT2D eigenvalue weighted by atomic mass is 10.1. The van der Waals surface area contributed by atoms with Crippen molar-refractivity contribution in [2.45, 2.75) is 0 Å². The highest BCUT2D eigenvalue weighted by Crippen LogP contribution is 2.21. The van der Waals surface area contributed by atoms with Gasteiger partial charge in [-0.25, -0.2) is 4.79 Å². The number of carboxylic acid groups (broad SMARTS) is 1. The maximum absolute atomic E-state index is 10.6. The van der Waals surface area contributed by atoms with E-state index < -0.39 is 5.97 Å². The fourth-order valence-electron chi connectivity index (χ4n) is 1.55. The number of hydrogen-bond acceptors (Lipinski definition) is 3. The van der Waals surface area contributed by atoms with Crippen LogP contribution >= 0.6 is 0 Å². The summed E-state index contributed by atoms with van der Waals surface area (Å²) in [5, 5.41) is 10.3. The van der Waals surface area contributed by atoms with Gasteiger partial charge in [0.05, 0.1) is 0 Å². The van der Waals surface area contributed by atoms with Crippen LogP contribution in [0.15, 0.2) is 36.4 Å². The molecule has 0 saturated carbocycles. The van der Waals surface area contributed by atoms with Crippen LogP contribution in [0.3, 0.4) is 0 Å². The largest absolute Gasteiger partial charge is 0.482 e. The van der Waals surface area contributed by atoms with E-state index in [9.17, 15) is 9.59 Å². The molecule has 0 aliphatic heterocycles. The van der Waals surface area contributed by atoms with E-state index in [4.69, 9.17) is 9.84 Å². The summed E-state index contributed by atoms with van der Waals surface area (Å²) in [6.07, 6.45) is 0.786. The molecule has 0 saturated heterocycles. The molecule has 17 heavy (non-hydrogen) atoms. The van der Waals surface area contributed by atoms with Crippen molar-refractivity contribution < 1.29 is 19.4 Å². The zero-order valence-electron chi connectivity index (χ0n) is 8.92. The lowest BCUT2D eigenvalue weighted by Gasteiger charge is -2.05. The Bertz CT molecular complexity index is 575. The average molecular weight is 230 g/mol. The molecule has 0 fully saturated rings. The highest BCUT2D eigenvalue weighted by molar-refractivity contribution is 5.89. The maximum atomic E-state index is 10.6. The summed E-state index contributed by atoms with van der Waals surface area (Å²) in [6.45, 7) is -0.363. The number of rotatable bonds is 4. The van der Waals surface area contributed by atoms with Crippen LogP contribution in [0.2, 0.25) is 0 Å². The minimum atomic E-state index is -1.01. The zero-order chi connectivity index (χ0) is 12.3. The molecule has 2 aromatic carbocycles. The van der Waals surface area contributed by atoms with Crippen molar-refractivity contribution in [1.82, 2.24) is 0 Å². The van der Waals surface area contributed by atoms with Gasteiger partial charge < -0.3 is 9.84 Å². The first kappa shape index (κ1) is 11.1. The highest BCUT2D eigenvalue weighted by atomic mass is 16.5. The van der Waals surface area contributed by atoms with E-state index in [2.05, 4.69) is 0 Å². The smallest absolute Gasteiger partial charge is 0.341 e. The quantitative estimate of drug-likeness (QED) is 0.817. The third-order valence-electron chi connectivity index (χ3n) is 2.33. The van der Waals surface area contributed by atoms with Crippen LogP contribution in [0.25, 0.3) is 10.8 Å². The summed E-state index contributed by atoms with van der Waals surface area (Å²) < 4.78 is 5.06. The van der Waals surface area contributed by atoms with E-state index in [-0.39, 0.29) is 6.61 Å². The van der Waals surface area contributed by atoms with Crippen molar-refractivity contribution in [3.63, 3.8) is 0 Å². The molecular weight excluding hydrogens is 220 g/mol. The van der Waals surface area contributed by atoms with Crippen LogP contribution in [-0.4, -0.2) is 24.0 Å². The fraction of sp³-hybridized carbons (Fsp3) is 0.0769. The Kier molecular flexibility index (Phi) is 3.05. The predicted octanol–water partition coefficient (Wildman–Crippen LogP) is 2.12. The molecule has 2 rings (SSSR count). The zero-order valence-corrected chi connectivity index (χ0v) is 8.92. The van der Waals surface area contributed by atoms with E-state index >= 15 is 0 Å². The summed E-state index contributed by atoms with van der Waals surface area (Å²) >= 11 is 0. The van der Waals surface area contributed by atoms with E-state index in [1.807, 2.05) is 0 Å². The van der Waals surface area contributed by atoms with Crippen LogP contribution in [0, 0.1) is 0 Å². The SMILES string of the molecule is O=Cc1ccc2cc(OCC(=O)O)ccc2c1.